The van der Waals surface area contributed by atoms with Crippen molar-refractivity contribution in [2.45, 2.75) is 59.5 Å². The Hall–Kier alpha value is -0.560. The Bertz CT molecular complexity index is 364. The van der Waals surface area contributed by atoms with Crippen LogP contribution in [0.3, 0.4) is 0 Å². The summed E-state index contributed by atoms with van der Waals surface area (Å²) in [5.74, 6) is 1.22. The van der Waals surface area contributed by atoms with Crippen molar-refractivity contribution in [1.82, 2.24) is 0 Å². The number of allylic oxidation sites excluding steroid dienone is 1. The molecule has 0 bridgehead atoms. The van der Waals surface area contributed by atoms with E-state index in [1.807, 2.05) is 0 Å². The zero-order valence-corrected chi connectivity index (χ0v) is 11.7. The fraction of sp³-hybridized carbons (Fsp3) is 0.750. The SMILES string of the molecule is C=C1CCC2=C(C)CC[C@H](C(C)C)[C@]2(C)[C@H]1O. The number of rotatable bonds is 1. The fourth-order valence-electron chi connectivity index (χ4n) is 4.23. The zero-order chi connectivity index (χ0) is 12.8. The highest BCUT2D eigenvalue weighted by Crippen LogP contribution is 2.55. The maximum Gasteiger partial charge on any atom is 0.0841 e. The van der Waals surface area contributed by atoms with Crippen LogP contribution in [0.5, 0.6) is 0 Å². The van der Waals surface area contributed by atoms with Crippen LogP contribution in [-0.4, -0.2) is 11.2 Å². The maximum absolute atomic E-state index is 10.6. The quantitative estimate of drug-likeness (QED) is 0.678. The summed E-state index contributed by atoms with van der Waals surface area (Å²) in [4.78, 5) is 0. The van der Waals surface area contributed by atoms with Crippen molar-refractivity contribution in [3.8, 4) is 0 Å². The maximum atomic E-state index is 10.6. The van der Waals surface area contributed by atoms with E-state index in [1.54, 1.807) is 0 Å². The molecule has 1 heteroatoms. The molecule has 0 heterocycles. The first-order valence-electron chi connectivity index (χ1n) is 6.93. The summed E-state index contributed by atoms with van der Waals surface area (Å²) in [6.45, 7) is 13.2. The highest BCUT2D eigenvalue weighted by Gasteiger charge is 2.49. The fourth-order valence-corrected chi connectivity index (χ4v) is 4.23. The second-order valence-corrected chi connectivity index (χ2v) is 6.49. The molecule has 0 aliphatic heterocycles. The summed E-state index contributed by atoms with van der Waals surface area (Å²) < 4.78 is 0. The van der Waals surface area contributed by atoms with Crippen LogP contribution in [0.25, 0.3) is 0 Å². The van der Waals surface area contributed by atoms with E-state index in [2.05, 4.69) is 34.3 Å². The van der Waals surface area contributed by atoms with Gasteiger partial charge in [-0.25, -0.2) is 0 Å². The zero-order valence-electron chi connectivity index (χ0n) is 11.7. The highest BCUT2D eigenvalue weighted by atomic mass is 16.3. The average Bonchev–Trinajstić information content (AvgIpc) is 2.25. The van der Waals surface area contributed by atoms with Crippen LogP contribution in [0.2, 0.25) is 0 Å². The van der Waals surface area contributed by atoms with Crippen LogP contribution in [0.15, 0.2) is 23.3 Å². The van der Waals surface area contributed by atoms with Crippen molar-refractivity contribution in [3.05, 3.63) is 23.3 Å². The van der Waals surface area contributed by atoms with E-state index in [9.17, 15) is 5.11 Å². The Balaban J connectivity index is 2.49. The Morgan fingerprint density at radius 3 is 2.53 bits per heavy atom. The predicted octanol–water partition coefficient (Wildman–Crippen LogP) is 4.09. The number of aliphatic hydroxyl groups excluding tert-OH is 1. The summed E-state index contributed by atoms with van der Waals surface area (Å²) in [7, 11) is 0. The molecule has 1 N–H and O–H groups in total. The second-order valence-electron chi connectivity index (χ2n) is 6.49. The first kappa shape index (κ1) is 12.9. The van der Waals surface area contributed by atoms with Gasteiger partial charge in [-0.3, -0.25) is 0 Å². The molecule has 96 valence electrons. The minimum Gasteiger partial charge on any atom is -0.388 e. The van der Waals surface area contributed by atoms with E-state index in [4.69, 9.17) is 0 Å². The molecule has 1 saturated carbocycles. The molecule has 0 unspecified atom stereocenters. The van der Waals surface area contributed by atoms with Crippen molar-refractivity contribution < 1.29 is 5.11 Å². The van der Waals surface area contributed by atoms with E-state index in [0.29, 0.717) is 11.8 Å². The number of aliphatic hydroxyl groups is 1. The average molecular weight is 234 g/mol. The Kier molecular flexibility index (Phi) is 3.24. The van der Waals surface area contributed by atoms with Crippen molar-refractivity contribution in [2.75, 3.05) is 0 Å². The first-order chi connectivity index (χ1) is 7.89. The minimum absolute atomic E-state index is 0.0498. The van der Waals surface area contributed by atoms with Crippen molar-refractivity contribution in [2.24, 2.45) is 17.3 Å². The first-order valence-corrected chi connectivity index (χ1v) is 6.93. The Morgan fingerprint density at radius 2 is 1.94 bits per heavy atom. The molecule has 0 amide bonds. The third-order valence-corrected chi connectivity index (χ3v) is 5.22. The van der Waals surface area contributed by atoms with Crippen LogP contribution < -0.4 is 0 Å². The third-order valence-electron chi connectivity index (χ3n) is 5.22. The van der Waals surface area contributed by atoms with Gasteiger partial charge >= 0.3 is 0 Å². The molecular formula is C16H26O. The summed E-state index contributed by atoms with van der Waals surface area (Å²) in [6.07, 6.45) is 4.17. The van der Waals surface area contributed by atoms with Gasteiger partial charge in [0, 0.05) is 5.41 Å². The molecular weight excluding hydrogens is 208 g/mol. The second kappa shape index (κ2) is 4.28. The van der Waals surface area contributed by atoms with Crippen molar-refractivity contribution >= 4 is 0 Å². The predicted molar refractivity (Wildman–Crippen MR) is 72.7 cm³/mol. The van der Waals surface area contributed by atoms with Gasteiger partial charge in [-0.2, -0.15) is 0 Å². The van der Waals surface area contributed by atoms with Gasteiger partial charge in [0.25, 0.3) is 0 Å². The number of hydrogen-bond donors (Lipinski definition) is 1. The van der Waals surface area contributed by atoms with Gasteiger partial charge in [-0.1, -0.05) is 38.5 Å². The van der Waals surface area contributed by atoms with E-state index < -0.39 is 0 Å². The summed E-state index contributed by atoms with van der Waals surface area (Å²) in [5, 5.41) is 10.6. The van der Waals surface area contributed by atoms with Gasteiger partial charge in [0.15, 0.2) is 0 Å². The number of hydrogen-bond acceptors (Lipinski definition) is 1. The molecule has 0 radical (unpaired) electrons. The smallest absolute Gasteiger partial charge is 0.0841 e. The van der Waals surface area contributed by atoms with Crippen molar-refractivity contribution in [1.29, 1.82) is 0 Å². The van der Waals surface area contributed by atoms with Crippen molar-refractivity contribution in [3.63, 3.8) is 0 Å². The lowest BCUT2D eigenvalue weighted by atomic mass is 9.54. The molecule has 2 aliphatic rings. The molecule has 17 heavy (non-hydrogen) atoms. The Morgan fingerprint density at radius 1 is 1.29 bits per heavy atom. The Labute approximate surface area is 106 Å². The van der Waals surface area contributed by atoms with E-state index in [1.165, 1.54) is 24.0 Å². The molecule has 1 fully saturated rings. The van der Waals surface area contributed by atoms with E-state index >= 15 is 0 Å². The number of fused-ring (bicyclic) bond motifs is 1. The van der Waals surface area contributed by atoms with Gasteiger partial charge in [0.2, 0.25) is 0 Å². The topological polar surface area (TPSA) is 20.2 Å². The van der Waals surface area contributed by atoms with E-state index in [-0.39, 0.29) is 11.5 Å². The van der Waals surface area contributed by atoms with Gasteiger partial charge in [-0.05, 0) is 50.0 Å². The van der Waals surface area contributed by atoms with Crippen LogP contribution in [0.1, 0.15) is 53.4 Å². The van der Waals surface area contributed by atoms with Gasteiger partial charge < -0.3 is 5.11 Å². The lowest BCUT2D eigenvalue weighted by molar-refractivity contribution is 0.00254. The third kappa shape index (κ3) is 1.79. The van der Waals surface area contributed by atoms with E-state index in [0.717, 1.165) is 18.4 Å². The lowest BCUT2D eigenvalue weighted by Gasteiger charge is -2.52. The molecule has 0 aromatic heterocycles. The highest BCUT2D eigenvalue weighted by molar-refractivity contribution is 5.34. The minimum atomic E-state index is -0.339. The van der Waals surface area contributed by atoms with Crippen LogP contribution in [0, 0.1) is 17.3 Å². The molecule has 0 saturated heterocycles. The van der Waals surface area contributed by atoms with Crippen LogP contribution in [0.4, 0.5) is 0 Å². The molecule has 0 aromatic carbocycles. The molecule has 3 atom stereocenters. The molecule has 2 rings (SSSR count). The normalized spacial score (nSPS) is 38.6. The summed E-state index contributed by atoms with van der Waals surface area (Å²) in [6, 6.07) is 0. The molecule has 0 spiro atoms. The largest absolute Gasteiger partial charge is 0.388 e. The summed E-state index contributed by atoms with van der Waals surface area (Å²) >= 11 is 0. The van der Waals surface area contributed by atoms with Crippen LogP contribution in [-0.2, 0) is 0 Å². The molecule has 0 aromatic rings. The molecule has 1 nitrogen and oxygen atoms in total. The van der Waals surface area contributed by atoms with Gasteiger partial charge in [0.1, 0.15) is 0 Å². The molecule has 2 aliphatic carbocycles. The monoisotopic (exact) mass is 234 g/mol. The van der Waals surface area contributed by atoms with Gasteiger partial charge in [-0.15, -0.1) is 0 Å². The standard InChI is InChI=1S/C16H26O/c1-10(2)13-8-6-11(3)14-9-7-12(4)15(17)16(13,14)5/h10,13,15,17H,4,6-9H2,1-3,5H3/t13-,15+,16+/m1/s1. The summed E-state index contributed by atoms with van der Waals surface area (Å²) in [5.41, 5.74) is 4.04. The van der Waals surface area contributed by atoms with Gasteiger partial charge in [0.05, 0.1) is 6.10 Å². The van der Waals surface area contributed by atoms with Crippen LogP contribution >= 0.6 is 0 Å². The lowest BCUT2D eigenvalue weighted by Crippen LogP contribution is -2.48.